The van der Waals surface area contributed by atoms with Gasteiger partial charge in [-0.25, -0.2) is 4.98 Å². The number of hydrogen-bond donors (Lipinski definition) is 0. The second-order valence-corrected chi connectivity index (χ2v) is 8.44. The lowest BCUT2D eigenvalue weighted by Gasteiger charge is -2.13. The van der Waals surface area contributed by atoms with Gasteiger partial charge in [0.15, 0.2) is 11.5 Å². The molecule has 6 nitrogen and oxygen atoms in total. The molecule has 0 fully saturated rings. The van der Waals surface area contributed by atoms with E-state index in [2.05, 4.69) is 47.9 Å². The Morgan fingerprint density at radius 1 is 1.27 bits per heavy atom. The molecule has 0 amide bonds. The summed E-state index contributed by atoms with van der Waals surface area (Å²) in [5.74, 6) is 4.01. The van der Waals surface area contributed by atoms with E-state index in [-0.39, 0.29) is 18.1 Å². The van der Waals surface area contributed by atoms with Crippen LogP contribution in [0, 0.1) is 12.3 Å². The first-order valence-corrected chi connectivity index (χ1v) is 10.6. The Kier molecular flexibility index (Phi) is 6.95. The zero-order valence-electron chi connectivity index (χ0n) is 16.6. The molecule has 3 rings (SSSR count). The van der Waals surface area contributed by atoms with E-state index in [1.54, 1.807) is 31.5 Å². The van der Waals surface area contributed by atoms with Gasteiger partial charge in [0.25, 0.3) is 5.56 Å². The Hall–Kier alpha value is -2.63. The Morgan fingerprint density at radius 2 is 2.03 bits per heavy atom. The van der Waals surface area contributed by atoms with Crippen LogP contribution in [0.2, 0.25) is 0 Å². The van der Waals surface area contributed by atoms with Crippen LogP contribution >= 0.6 is 31.9 Å². The molecule has 8 heteroatoms. The van der Waals surface area contributed by atoms with Gasteiger partial charge in [0.2, 0.25) is 0 Å². The largest absolute Gasteiger partial charge is 0.493 e. The standard InChI is InChI=1S/C22H19Br2N3O3/c1-5-8-30-20-11-17(24)14(9-19(20)29-4)12-25-27-21(13(2)3)26-18-7-6-15(23)10-16(18)22(27)28/h1,6-7,9-13H,8H2,2-4H3. The number of aromatic nitrogens is 2. The number of methoxy groups -OCH3 is 1. The summed E-state index contributed by atoms with van der Waals surface area (Å²) in [6.07, 6.45) is 6.84. The van der Waals surface area contributed by atoms with Gasteiger partial charge in [-0.05, 0) is 46.3 Å². The van der Waals surface area contributed by atoms with Gasteiger partial charge in [-0.3, -0.25) is 4.79 Å². The SMILES string of the molecule is C#CCOc1cc(Br)c(C=Nn2c(C(C)C)nc3ccc(Br)cc3c2=O)cc1OC. The number of halogens is 2. The number of rotatable bonds is 6. The van der Waals surface area contributed by atoms with Gasteiger partial charge in [-0.1, -0.05) is 35.7 Å². The maximum absolute atomic E-state index is 13.1. The lowest BCUT2D eigenvalue weighted by molar-refractivity contribution is 0.330. The van der Waals surface area contributed by atoms with Crippen molar-refractivity contribution in [2.24, 2.45) is 5.10 Å². The summed E-state index contributed by atoms with van der Waals surface area (Å²) >= 11 is 6.91. The zero-order chi connectivity index (χ0) is 21.8. The minimum Gasteiger partial charge on any atom is -0.493 e. The first-order valence-electron chi connectivity index (χ1n) is 9.06. The van der Waals surface area contributed by atoms with Gasteiger partial charge in [0, 0.05) is 20.4 Å². The molecule has 0 spiro atoms. The molecule has 0 unspecified atom stereocenters. The fourth-order valence-corrected chi connectivity index (χ4v) is 3.60. The average Bonchev–Trinajstić information content (AvgIpc) is 2.72. The molecular formula is C22H19Br2N3O3. The van der Waals surface area contributed by atoms with Gasteiger partial charge in [0.05, 0.1) is 24.2 Å². The highest BCUT2D eigenvalue weighted by Gasteiger charge is 2.14. The predicted octanol–water partition coefficient (Wildman–Crippen LogP) is 4.95. The smallest absolute Gasteiger partial charge is 0.282 e. The molecular weight excluding hydrogens is 514 g/mol. The molecule has 0 saturated heterocycles. The summed E-state index contributed by atoms with van der Waals surface area (Å²) in [6.45, 7) is 4.06. The number of terminal acetylenes is 1. The van der Waals surface area contributed by atoms with Crippen molar-refractivity contribution in [1.29, 1.82) is 0 Å². The third kappa shape index (κ3) is 4.58. The minimum absolute atomic E-state index is 0.000382. The highest BCUT2D eigenvalue weighted by molar-refractivity contribution is 9.10. The Labute approximate surface area is 191 Å². The second kappa shape index (κ2) is 9.45. The van der Waals surface area contributed by atoms with E-state index in [9.17, 15) is 4.79 Å². The summed E-state index contributed by atoms with van der Waals surface area (Å²) < 4.78 is 13.7. The van der Waals surface area contributed by atoms with Crippen molar-refractivity contribution in [3.8, 4) is 23.8 Å². The lowest BCUT2D eigenvalue weighted by atomic mass is 10.2. The Balaban J connectivity index is 2.12. The monoisotopic (exact) mass is 531 g/mol. The molecule has 30 heavy (non-hydrogen) atoms. The molecule has 0 N–H and O–H groups in total. The Bertz CT molecular complexity index is 1230. The Morgan fingerprint density at radius 3 is 2.70 bits per heavy atom. The van der Waals surface area contributed by atoms with Crippen LogP contribution in [0.4, 0.5) is 0 Å². The quantitative estimate of drug-likeness (QED) is 0.333. The maximum Gasteiger partial charge on any atom is 0.282 e. The molecule has 0 atom stereocenters. The lowest BCUT2D eigenvalue weighted by Crippen LogP contribution is -2.23. The van der Waals surface area contributed by atoms with Crippen LogP contribution in [0.15, 0.2) is 49.2 Å². The predicted molar refractivity (Wildman–Crippen MR) is 126 cm³/mol. The van der Waals surface area contributed by atoms with Crippen molar-refractivity contribution in [2.75, 3.05) is 13.7 Å². The molecule has 1 aromatic heterocycles. The van der Waals surface area contributed by atoms with Crippen molar-refractivity contribution < 1.29 is 9.47 Å². The average molecular weight is 533 g/mol. The second-order valence-electron chi connectivity index (χ2n) is 6.67. The third-order valence-corrected chi connectivity index (χ3v) is 5.44. The highest BCUT2D eigenvalue weighted by Crippen LogP contribution is 2.33. The minimum atomic E-state index is -0.238. The van der Waals surface area contributed by atoms with E-state index < -0.39 is 0 Å². The van der Waals surface area contributed by atoms with E-state index in [4.69, 9.17) is 15.9 Å². The number of hydrogen-bond acceptors (Lipinski definition) is 5. The molecule has 0 aliphatic carbocycles. The number of ether oxygens (including phenoxy) is 2. The van der Waals surface area contributed by atoms with E-state index in [1.165, 1.54) is 4.68 Å². The normalized spacial score (nSPS) is 11.2. The number of fused-ring (bicyclic) bond motifs is 1. The molecule has 0 aliphatic rings. The molecule has 1 heterocycles. The van der Waals surface area contributed by atoms with E-state index in [0.29, 0.717) is 33.8 Å². The first kappa shape index (κ1) is 22.1. The van der Waals surface area contributed by atoms with Crippen LogP contribution in [-0.2, 0) is 0 Å². The third-order valence-electron chi connectivity index (χ3n) is 4.26. The van der Waals surface area contributed by atoms with Gasteiger partial charge in [-0.15, -0.1) is 6.42 Å². The van der Waals surface area contributed by atoms with Gasteiger partial charge < -0.3 is 9.47 Å². The fourth-order valence-electron chi connectivity index (χ4n) is 2.81. The van der Waals surface area contributed by atoms with Gasteiger partial charge in [-0.2, -0.15) is 9.78 Å². The molecule has 154 valence electrons. The van der Waals surface area contributed by atoms with Crippen molar-refractivity contribution in [3.05, 3.63) is 61.0 Å². The van der Waals surface area contributed by atoms with Crippen LogP contribution in [-0.4, -0.2) is 29.6 Å². The molecule has 0 saturated carbocycles. The van der Waals surface area contributed by atoms with E-state index in [1.807, 2.05) is 26.0 Å². The molecule has 0 aliphatic heterocycles. The van der Waals surface area contributed by atoms with Crippen LogP contribution < -0.4 is 15.0 Å². The maximum atomic E-state index is 13.1. The van der Waals surface area contributed by atoms with Gasteiger partial charge in [0.1, 0.15) is 12.4 Å². The molecule has 0 radical (unpaired) electrons. The zero-order valence-corrected chi connectivity index (χ0v) is 19.8. The van der Waals surface area contributed by atoms with Crippen molar-refractivity contribution >= 4 is 49.0 Å². The summed E-state index contributed by atoms with van der Waals surface area (Å²) in [5, 5.41) is 4.93. The fraction of sp³-hybridized carbons (Fsp3) is 0.227. The summed E-state index contributed by atoms with van der Waals surface area (Å²) in [6, 6.07) is 8.93. The highest BCUT2D eigenvalue weighted by atomic mass is 79.9. The van der Waals surface area contributed by atoms with Crippen LogP contribution in [0.1, 0.15) is 31.2 Å². The summed E-state index contributed by atoms with van der Waals surface area (Å²) in [4.78, 5) is 17.8. The van der Waals surface area contributed by atoms with Crippen molar-refractivity contribution in [3.63, 3.8) is 0 Å². The van der Waals surface area contributed by atoms with E-state index in [0.717, 1.165) is 8.95 Å². The summed E-state index contributed by atoms with van der Waals surface area (Å²) in [7, 11) is 1.54. The topological polar surface area (TPSA) is 65.7 Å². The number of benzene rings is 2. The molecule has 0 bridgehead atoms. The van der Waals surface area contributed by atoms with Gasteiger partial charge >= 0.3 is 0 Å². The van der Waals surface area contributed by atoms with Crippen molar-refractivity contribution in [2.45, 2.75) is 19.8 Å². The molecule has 2 aromatic carbocycles. The van der Waals surface area contributed by atoms with E-state index >= 15 is 0 Å². The van der Waals surface area contributed by atoms with Crippen LogP contribution in [0.3, 0.4) is 0 Å². The first-order chi connectivity index (χ1) is 14.3. The van der Waals surface area contributed by atoms with Crippen LogP contribution in [0.5, 0.6) is 11.5 Å². The number of nitrogens with zero attached hydrogens (tertiary/aromatic N) is 3. The summed E-state index contributed by atoms with van der Waals surface area (Å²) in [5.41, 5.74) is 1.10. The van der Waals surface area contributed by atoms with Crippen molar-refractivity contribution in [1.82, 2.24) is 9.66 Å². The van der Waals surface area contributed by atoms with Crippen LogP contribution in [0.25, 0.3) is 10.9 Å². The molecule has 3 aromatic rings.